The standard InChI is InChI=1S/C16H20O5/c1-19-13-3-2-11(16(5-6-16)9-15(17)18)8-14(13)21-12-4-7-20-10-12/h2-3,8,12H,4-7,9-10H2,1H3,(H,17,18). The first-order valence-electron chi connectivity index (χ1n) is 7.28. The molecule has 1 unspecified atom stereocenters. The molecule has 1 saturated heterocycles. The molecule has 1 atom stereocenters. The lowest BCUT2D eigenvalue weighted by Crippen LogP contribution is -2.17. The van der Waals surface area contributed by atoms with Crippen molar-refractivity contribution < 1.29 is 24.1 Å². The van der Waals surface area contributed by atoms with Crippen LogP contribution in [-0.2, 0) is 14.9 Å². The van der Waals surface area contributed by atoms with E-state index in [1.807, 2.05) is 18.2 Å². The zero-order valence-electron chi connectivity index (χ0n) is 12.1. The molecule has 1 aliphatic heterocycles. The van der Waals surface area contributed by atoms with E-state index in [1.165, 1.54) is 0 Å². The fraction of sp³-hybridized carbons (Fsp3) is 0.562. The van der Waals surface area contributed by atoms with Crippen LogP contribution in [0.5, 0.6) is 11.5 Å². The molecule has 2 aliphatic rings. The van der Waals surface area contributed by atoms with Crippen LogP contribution in [0.1, 0.15) is 31.2 Å². The van der Waals surface area contributed by atoms with Crippen molar-refractivity contribution in [1.29, 1.82) is 0 Å². The molecule has 1 aliphatic carbocycles. The van der Waals surface area contributed by atoms with Crippen molar-refractivity contribution in [2.75, 3.05) is 20.3 Å². The summed E-state index contributed by atoms with van der Waals surface area (Å²) in [4.78, 5) is 11.0. The van der Waals surface area contributed by atoms with Gasteiger partial charge in [0, 0.05) is 11.8 Å². The predicted molar refractivity (Wildman–Crippen MR) is 76.0 cm³/mol. The van der Waals surface area contributed by atoms with Gasteiger partial charge in [-0.05, 0) is 30.5 Å². The molecule has 0 bridgehead atoms. The molecular formula is C16H20O5. The molecule has 1 aromatic rings. The molecule has 114 valence electrons. The molecule has 0 radical (unpaired) electrons. The van der Waals surface area contributed by atoms with E-state index >= 15 is 0 Å². The van der Waals surface area contributed by atoms with Gasteiger partial charge in [0.2, 0.25) is 0 Å². The van der Waals surface area contributed by atoms with Crippen molar-refractivity contribution >= 4 is 5.97 Å². The zero-order valence-corrected chi connectivity index (χ0v) is 12.1. The third-order valence-corrected chi connectivity index (χ3v) is 4.30. The molecule has 5 heteroatoms. The van der Waals surface area contributed by atoms with Crippen molar-refractivity contribution in [3.63, 3.8) is 0 Å². The second kappa shape index (κ2) is 5.56. The van der Waals surface area contributed by atoms with Gasteiger partial charge in [0.05, 0.1) is 26.7 Å². The van der Waals surface area contributed by atoms with Crippen LogP contribution in [0.25, 0.3) is 0 Å². The van der Waals surface area contributed by atoms with Crippen molar-refractivity contribution in [3.05, 3.63) is 23.8 Å². The first-order valence-corrected chi connectivity index (χ1v) is 7.28. The van der Waals surface area contributed by atoms with Gasteiger partial charge in [-0.3, -0.25) is 4.79 Å². The van der Waals surface area contributed by atoms with E-state index in [-0.39, 0.29) is 17.9 Å². The highest BCUT2D eigenvalue weighted by atomic mass is 16.6. The van der Waals surface area contributed by atoms with Crippen molar-refractivity contribution in [3.8, 4) is 11.5 Å². The fourth-order valence-corrected chi connectivity index (χ4v) is 2.89. The Morgan fingerprint density at radius 1 is 1.43 bits per heavy atom. The lowest BCUT2D eigenvalue weighted by Gasteiger charge is -2.19. The van der Waals surface area contributed by atoms with Gasteiger partial charge < -0.3 is 19.3 Å². The minimum atomic E-state index is -0.755. The van der Waals surface area contributed by atoms with E-state index in [4.69, 9.17) is 19.3 Å². The summed E-state index contributed by atoms with van der Waals surface area (Å²) in [7, 11) is 1.61. The van der Waals surface area contributed by atoms with Gasteiger partial charge in [0.1, 0.15) is 6.10 Å². The predicted octanol–water partition coefficient (Wildman–Crippen LogP) is 2.37. The molecule has 1 saturated carbocycles. The van der Waals surface area contributed by atoms with E-state index in [0.717, 1.165) is 31.4 Å². The molecule has 1 heterocycles. The van der Waals surface area contributed by atoms with Crippen LogP contribution in [-0.4, -0.2) is 37.5 Å². The van der Waals surface area contributed by atoms with Crippen LogP contribution < -0.4 is 9.47 Å². The van der Waals surface area contributed by atoms with Gasteiger partial charge in [-0.25, -0.2) is 0 Å². The van der Waals surface area contributed by atoms with Crippen LogP contribution in [0.15, 0.2) is 18.2 Å². The number of hydrogen-bond donors (Lipinski definition) is 1. The Bertz CT molecular complexity index is 529. The van der Waals surface area contributed by atoms with Gasteiger partial charge in [-0.15, -0.1) is 0 Å². The summed E-state index contributed by atoms with van der Waals surface area (Å²) in [5.74, 6) is 0.605. The number of carboxylic acids is 1. The number of aliphatic carboxylic acids is 1. The summed E-state index contributed by atoms with van der Waals surface area (Å²) < 4.78 is 16.6. The summed E-state index contributed by atoms with van der Waals surface area (Å²) in [6.07, 6.45) is 2.91. The highest BCUT2D eigenvalue weighted by Crippen LogP contribution is 2.52. The van der Waals surface area contributed by atoms with Crippen molar-refractivity contribution in [1.82, 2.24) is 0 Å². The van der Waals surface area contributed by atoms with Crippen molar-refractivity contribution in [2.24, 2.45) is 0 Å². The summed E-state index contributed by atoms with van der Waals surface area (Å²) in [5.41, 5.74) is 0.808. The molecule has 1 N–H and O–H groups in total. The molecule has 0 aromatic heterocycles. The normalized spacial score (nSPS) is 22.8. The number of carboxylic acid groups (broad SMARTS) is 1. The number of methoxy groups -OCH3 is 1. The summed E-state index contributed by atoms with van der Waals surface area (Å²) in [6.45, 7) is 1.31. The van der Waals surface area contributed by atoms with E-state index < -0.39 is 5.97 Å². The largest absolute Gasteiger partial charge is 0.493 e. The Balaban J connectivity index is 1.84. The molecule has 3 rings (SSSR count). The smallest absolute Gasteiger partial charge is 0.304 e. The summed E-state index contributed by atoms with van der Waals surface area (Å²) in [6, 6.07) is 5.75. The van der Waals surface area contributed by atoms with Gasteiger partial charge in [-0.1, -0.05) is 6.07 Å². The minimum Gasteiger partial charge on any atom is -0.493 e. The van der Waals surface area contributed by atoms with Gasteiger partial charge in [0.25, 0.3) is 0 Å². The first kappa shape index (κ1) is 14.2. The fourth-order valence-electron chi connectivity index (χ4n) is 2.89. The number of hydrogen-bond acceptors (Lipinski definition) is 4. The number of ether oxygens (including phenoxy) is 3. The van der Waals surface area contributed by atoms with E-state index in [9.17, 15) is 4.79 Å². The van der Waals surface area contributed by atoms with Gasteiger partial charge in [-0.2, -0.15) is 0 Å². The van der Waals surface area contributed by atoms with Crippen LogP contribution in [0.2, 0.25) is 0 Å². The van der Waals surface area contributed by atoms with E-state index in [0.29, 0.717) is 18.1 Å². The Morgan fingerprint density at radius 3 is 2.81 bits per heavy atom. The molecule has 5 nitrogen and oxygen atoms in total. The Hall–Kier alpha value is -1.75. The second-order valence-corrected chi connectivity index (χ2v) is 5.82. The topological polar surface area (TPSA) is 65.0 Å². The average molecular weight is 292 g/mol. The number of rotatable bonds is 6. The number of benzene rings is 1. The third kappa shape index (κ3) is 2.97. The molecule has 0 amide bonds. The number of carbonyl (C=O) groups is 1. The highest BCUT2D eigenvalue weighted by Gasteiger charge is 2.46. The first-order chi connectivity index (χ1) is 10.1. The quantitative estimate of drug-likeness (QED) is 0.872. The van der Waals surface area contributed by atoms with Crippen LogP contribution in [0.3, 0.4) is 0 Å². The molecule has 2 fully saturated rings. The van der Waals surface area contributed by atoms with Crippen LogP contribution in [0, 0.1) is 0 Å². The lowest BCUT2D eigenvalue weighted by molar-refractivity contribution is -0.137. The molecular weight excluding hydrogens is 272 g/mol. The molecule has 1 aromatic carbocycles. The van der Waals surface area contributed by atoms with Gasteiger partial charge in [0.15, 0.2) is 11.5 Å². The van der Waals surface area contributed by atoms with E-state index in [1.54, 1.807) is 7.11 Å². The minimum absolute atomic E-state index is 0.0452. The lowest BCUT2D eigenvalue weighted by atomic mass is 9.92. The SMILES string of the molecule is COc1ccc(C2(CC(=O)O)CC2)cc1OC1CCOC1. The zero-order chi connectivity index (χ0) is 14.9. The van der Waals surface area contributed by atoms with Crippen LogP contribution >= 0.6 is 0 Å². The maximum Gasteiger partial charge on any atom is 0.304 e. The maximum absolute atomic E-state index is 11.0. The Kier molecular flexibility index (Phi) is 3.76. The maximum atomic E-state index is 11.0. The molecule has 0 spiro atoms. The van der Waals surface area contributed by atoms with E-state index in [2.05, 4.69) is 0 Å². The molecule has 21 heavy (non-hydrogen) atoms. The summed E-state index contributed by atoms with van der Waals surface area (Å²) in [5, 5.41) is 9.08. The second-order valence-electron chi connectivity index (χ2n) is 5.82. The van der Waals surface area contributed by atoms with Crippen LogP contribution in [0.4, 0.5) is 0 Å². The Labute approximate surface area is 123 Å². The third-order valence-electron chi connectivity index (χ3n) is 4.30. The average Bonchev–Trinajstić information content (AvgIpc) is 3.04. The highest BCUT2D eigenvalue weighted by molar-refractivity contribution is 5.70. The van der Waals surface area contributed by atoms with Crippen molar-refractivity contribution in [2.45, 2.75) is 37.2 Å². The monoisotopic (exact) mass is 292 g/mol. The van der Waals surface area contributed by atoms with Gasteiger partial charge >= 0.3 is 5.97 Å². The Morgan fingerprint density at radius 2 is 2.24 bits per heavy atom. The summed E-state index contributed by atoms with van der Waals surface area (Å²) >= 11 is 0.